The fraction of sp³-hybridized carbons (Fsp3) is 0.556. The van der Waals surface area contributed by atoms with Gasteiger partial charge in [0.1, 0.15) is 13.1 Å². The first kappa shape index (κ1) is 22.2. The van der Waals surface area contributed by atoms with E-state index >= 15 is 0 Å². The molecule has 3 aliphatic heterocycles. The predicted octanol–water partition coefficient (Wildman–Crippen LogP) is 3.64. The Balaban J connectivity index is 1.29. The van der Waals surface area contributed by atoms with Gasteiger partial charge in [-0.25, -0.2) is 0 Å². The van der Waals surface area contributed by atoms with Crippen molar-refractivity contribution in [1.29, 1.82) is 0 Å². The lowest BCUT2D eigenvalue weighted by molar-refractivity contribution is -0.939. The zero-order valence-electron chi connectivity index (χ0n) is 19.3. The number of aromatic nitrogens is 2. The summed E-state index contributed by atoms with van der Waals surface area (Å²) in [4.78, 5) is 34.9. The number of carbonyl (C=O) groups is 2. The van der Waals surface area contributed by atoms with Crippen LogP contribution in [0.4, 0.5) is 0 Å². The molecule has 33 heavy (non-hydrogen) atoms. The van der Waals surface area contributed by atoms with Gasteiger partial charge < -0.3 is 9.22 Å². The van der Waals surface area contributed by atoms with Crippen LogP contribution in [0.15, 0.2) is 48.9 Å². The van der Waals surface area contributed by atoms with Crippen LogP contribution in [-0.4, -0.2) is 58.5 Å². The maximum Gasteiger partial charge on any atom is 0.317 e. The average Bonchev–Trinajstić information content (AvgIpc) is 2.86. The smallest absolute Gasteiger partial charge is 0.317 e. The van der Waals surface area contributed by atoms with Crippen molar-refractivity contribution in [1.82, 2.24) is 9.97 Å². The lowest BCUT2D eigenvalue weighted by Crippen LogP contribution is -2.66. The Bertz CT molecular complexity index is 965. The molecule has 1 atom stereocenters. The standard InChI is InChI=1S/C27H34N3O3/c31-24(17-23-18-28-13-14-29-23)19-30-15-9-21(10-16-30)25(20-30)33-26(32)27(11-5-2-6-12-27)22-7-3-1-4-8-22/h1,3-4,7-8,13-14,18,21,25H,2,5-6,9-12,15-17,19-20H2/q+1/t21?,25-,30?/m0/s1. The minimum atomic E-state index is -0.516. The van der Waals surface area contributed by atoms with E-state index in [9.17, 15) is 9.59 Å². The molecule has 0 spiro atoms. The molecule has 1 saturated carbocycles. The largest absolute Gasteiger partial charge is 0.455 e. The number of esters is 1. The summed E-state index contributed by atoms with van der Waals surface area (Å²) >= 11 is 0. The second-order valence-corrected chi connectivity index (χ2v) is 10.3. The first-order chi connectivity index (χ1) is 16.1. The fourth-order valence-electron chi connectivity index (χ4n) is 6.40. The summed E-state index contributed by atoms with van der Waals surface area (Å²) in [5, 5.41) is 0. The van der Waals surface area contributed by atoms with Crippen molar-refractivity contribution in [2.75, 3.05) is 26.2 Å². The van der Waals surface area contributed by atoms with Crippen LogP contribution in [-0.2, 0) is 26.2 Å². The van der Waals surface area contributed by atoms with Gasteiger partial charge in [-0.15, -0.1) is 0 Å². The van der Waals surface area contributed by atoms with E-state index in [0.717, 1.165) is 73.9 Å². The topological polar surface area (TPSA) is 69.2 Å². The zero-order chi connectivity index (χ0) is 22.7. The van der Waals surface area contributed by atoms with Crippen LogP contribution in [0.2, 0.25) is 0 Å². The summed E-state index contributed by atoms with van der Waals surface area (Å²) in [6, 6.07) is 10.2. The summed E-state index contributed by atoms with van der Waals surface area (Å²) in [6.45, 7) is 3.23. The molecule has 2 aromatic rings. The maximum atomic E-state index is 13.7. The van der Waals surface area contributed by atoms with Gasteiger partial charge in [0, 0.05) is 37.4 Å². The van der Waals surface area contributed by atoms with E-state index in [1.54, 1.807) is 18.6 Å². The number of rotatable bonds is 7. The van der Waals surface area contributed by atoms with Gasteiger partial charge in [-0.1, -0.05) is 49.6 Å². The SMILES string of the molecule is O=C(Cc1cnccn1)C[N+]12CCC(CC1)[C@@H](OC(=O)C1(c3ccccc3)CCCCC1)C2. The number of hydrogen-bond acceptors (Lipinski definition) is 5. The molecule has 1 aliphatic carbocycles. The highest BCUT2D eigenvalue weighted by Crippen LogP contribution is 2.43. The fourth-order valence-corrected chi connectivity index (χ4v) is 6.40. The van der Waals surface area contributed by atoms with Crippen LogP contribution in [0.1, 0.15) is 56.2 Å². The van der Waals surface area contributed by atoms with Crippen LogP contribution in [0, 0.1) is 5.92 Å². The third-order valence-corrected chi connectivity index (χ3v) is 8.23. The van der Waals surface area contributed by atoms with Crippen molar-refractivity contribution < 1.29 is 18.8 Å². The van der Waals surface area contributed by atoms with Crippen molar-refractivity contribution >= 4 is 11.8 Å². The number of hydrogen-bond donors (Lipinski definition) is 0. The minimum absolute atomic E-state index is 0.0452. The molecule has 3 saturated heterocycles. The summed E-state index contributed by atoms with van der Waals surface area (Å²) < 4.78 is 7.10. The van der Waals surface area contributed by atoms with Crippen LogP contribution >= 0.6 is 0 Å². The van der Waals surface area contributed by atoms with Gasteiger partial charge in [0.15, 0.2) is 11.9 Å². The second-order valence-electron chi connectivity index (χ2n) is 10.3. The Morgan fingerprint density at radius 1 is 1.03 bits per heavy atom. The van der Waals surface area contributed by atoms with Gasteiger partial charge in [0.05, 0.1) is 30.6 Å². The molecule has 0 amide bonds. The summed E-state index contributed by atoms with van der Waals surface area (Å²) in [7, 11) is 0. The highest BCUT2D eigenvalue weighted by molar-refractivity contribution is 5.83. The van der Waals surface area contributed by atoms with Gasteiger partial charge in [-0.05, 0) is 18.4 Å². The minimum Gasteiger partial charge on any atom is -0.455 e. The monoisotopic (exact) mass is 448 g/mol. The molecular weight excluding hydrogens is 414 g/mol. The van der Waals surface area contributed by atoms with Gasteiger partial charge >= 0.3 is 5.97 Å². The van der Waals surface area contributed by atoms with Crippen LogP contribution < -0.4 is 0 Å². The lowest BCUT2D eigenvalue weighted by atomic mass is 9.69. The normalized spacial score (nSPS) is 28.2. The Morgan fingerprint density at radius 3 is 2.48 bits per heavy atom. The van der Waals surface area contributed by atoms with Crippen LogP contribution in [0.5, 0.6) is 0 Å². The van der Waals surface area contributed by atoms with E-state index in [1.165, 1.54) is 6.42 Å². The molecule has 4 fully saturated rings. The van der Waals surface area contributed by atoms with E-state index in [1.807, 2.05) is 18.2 Å². The Labute approximate surface area is 196 Å². The van der Waals surface area contributed by atoms with E-state index in [-0.39, 0.29) is 17.9 Å². The molecule has 6 rings (SSSR count). The molecule has 0 radical (unpaired) electrons. The summed E-state index contributed by atoms with van der Waals surface area (Å²) in [5.74, 6) is 0.561. The van der Waals surface area contributed by atoms with Crippen molar-refractivity contribution in [2.45, 2.75) is 62.9 Å². The highest BCUT2D eigenvalue weighted by atomic mass is 16.5. The Morgan fingerprint density at radius 2 is 1.79 bits per heavy atom. The van der Waals surface area contributed by atoms with Crippen molar-refractivity contribution in [3.8, 4) is 0 Å². The number of carbonyl (C=O) groups excluding carboxylic acids is 2. The molecule has 4 aliphatic rings. The number of fused-ring (bicyclic) bond motifs is 3. The summed E-state index contributed by atoms with van der Waals surface area (Å²) in [5.41, 5.74) is 1.30. The number of quaternary nitrogens is 1. The molecule has 0 N–H and O–H groups in total. The maximum absolute atomic E-state index is 13.7. The molecule has 6 nitrogen and oxygen atoms in total. The van der Waals surface area contributed by atoms with Crippen LogP contribution in [0.3, 0.4) is 0 Å². The van der Waals surface area contributed by atoms with Crippen molar-refractivity contribution in [2.24, 2.45) is 5.92 Å². The van der Waals surface area contributed by atoms with Gasteiger partial charge in [0.2, 0.25) is 0 Å². The highest BCUT2D eigenvalue weighted by Gasteiger charge is 2.51. The van der Waals surface area contributed by atoms with E-state index in [0.29, 0.717) is 18.9 Å². The number of Topliss-reactive ketones (excluding diaryl/α,β-unsaturated/α-hetero) is 1. The Kier molecular flexibility index (Phi) is 6.28. The first-order valence-electron chi connectivity index (χ1n) is 12.5. The average molecular weight is 449 g/mol. The quantitative estimate of drug-likeness (QED) is 0.478. The molecule has 0 unspecified atom stereocenters. The van der Waals surface area contributed by atoms with E-state index in [2.05, 4.69) is 22.1 Å². The molecular formula is C27H34N3O3+. The summed E-state index contributed by atoms with van der Waals surface area (Å²) in [6.07, 6.45) is 12.2. The van der Waals surface area contributed by atoms with Gasteiger partial charge in [-0.2, -0.15) is 0 Å². The molecule has 2 bridgehead atoms. The first-order valence-corrected chi connectivity index (χ1v) is 12.5. The number of ether oxygens (including phenoxy) is 1. The molecule has 1 aromatic heterocycles. The molecule has 6 heteroatoms. The number of piperidine rings is 3. The molecule has 1 aromatic carbocycles. The molecule has 174 valence electrons. The number of ketones is 1. The lowest BCUT2D eigenvalue weighted by Gasteiger charge is -2.52. The van der Waals surface area contributed by atoms with Gasteiger partial charge in [0.25, 0.3) is 0 Å². The number of nitrogens with zero attached hydrogens (tertiary/aromatic N) is 3. The number of benzene rings is 1. The molecule has 4 heterocycles. The zero-order valence-corrected chi connectivity index (χ0v) is 19.3. The van der Waals surface area contributed by atoms with Crippen LogP contribution in [0.25, 0.3) is 0 Å². The van der Waals surface area contributed by atoms with E-state index in [4.69, 9.17) is 4.74 Å². The third kappa shape index (κ3) is 4.58. The second kappa shape index (κ2) is 9.34. The predicted molar refractivity (Wildman–Crippen MR) is 124 cm³/mol. The van der Waals surface area contributed by atoms with Gasteiger partial charge in [-0.3, -0.25) is 19.6 Å². The third-order valence-electron chi connectivity index (χ3n) is 8.23. The van der Waals surface area contributed by atoms with Crippen molar-refractivity contribution in [3.05, 3.63) is 60.2 Å². The van der Waals surface area contributed by atoms with E-state index < -0.39 is 5.41 Å². The Hall–Kier alpha value is -2.60. The van der Waals surface area contributed by atoms with Crippen molar-refractivity contribution in [3.63, 3.8) is 0 Å².